The first-order valence-corrected chi connectivity index (χ1v) is 18.0. The summed E-state index contributed by atoms with van der Waals surface area (Å²) in [6.07, 6.45) is -0.292. The number of aliphatic carboxylic acids is 1. The third-order valence-electron chi connectivity index (χ3n) is 8.66. The van der Waals surface area contributed by atoms with Crippen molar-refractivity contribution in [3.63, 3.8) is 0 Å². The van der Waals surface area contributed by atoms with E-state index in [0.717, 1.165) is 4.88 Å². The lowest BCUT2D eigenvalue weighted by atomic mass is 10.0. The maximum Gasteiger partial charge on any atom is 0.326 e. The summed E-state index contributed by atoms with van der Waals surface area (Å²) in [5.41, 5.74) is 2.38. The van der Waals surface area contributed by atoms with Gasteiger partial charge in [0, 0.05) is 49.1 Å². The molecule has 14 heteroatoms. The van der Waals surface area contributed by atoms with Crippen molar-refractivity contribution in [2.45, 2.75) is 62.7 Å². The average Bonchev–Trinajstić information content (AvgIpc) is 3.67. The van der Waals surface area contributed by atoms with Crippen molar-refractivity contribution in [1.29, 1.82) is 0 Å². The highest BCUT2D eigenvalue weighted by atomic mass is 32.1. The number of amides is 5. The number of anilines is 1. The fraction of sp³-hybridized carbons (Fsp3) is 0.282. The molecule has 53 heavy (non-hydrogen) atoms. The molecule has 4 aromatic rings. The Morgan fingerprint density at radius 2 is 1.26 bits per heavy atom. The molecule has 4 atom stereocenters. The van der Waals surface area contributed by atoms with Gasteiger partial charge in [0.15, 0.2) is 0 Å². The molecule has 2 aliphatic rings. The van der Waals surface area contributed by atoms with E-state index in [1.54, 1.807) is 78.9 Å². The van der Waals surface area contributed by atoms with E-state index in [2.05, 4.69) is 26.6 Å². The highest BCUT2D eigenvalue weighted by Gasteiger charge is 2.32. The Balaban J connectivity index is 1.50. The molecule has 3 heterocycles. The van der Waals surface area contributed by atoms with Gasteiger partial charge in [-0.2, -0.15) is 0 Å². The number of carboxylic acids is 1. The number of methoxy groups -OCH3 is 1. The van der Waals surface area contributed by atoms with Crippen LogP contribution in [0.1, 0.15) is 34.4 Å². The van der Waals surface area contributed by atoms with Crippen LogP contribution in [0, 0.1) is 0 Å². The molecule has 5 amide bonds. The van der Waals surface area contributed by atoms with Crippen molar-refractivity contribution < 1.29 is 38.6 Å². The minimum absolute atomic E-state index is 0.00859. The van der Waals surface area contributed by atoms with Gasteiger partial charge in [0.1, 0.15) is 29.9 Å². The van der Waals surface area contributed by atoms with Crippen molar-refractivity contribution in [2.24, 2.45) is 0 Å². The fourth-order valence-electron chi connectivity index (χ4n) is 5.80. The number of carboxylic acid groups (broad SMARTS) is 1. The second-order valence-electron chi connectivity index (χ2n) is 12.6. The molecule has 0 unspecified atom stereocenters. The first kappa shape index (κ1) is 38.2. The molecule has 13 nitrogen and oxygen atoms in total. The average molecular weight is 740 g/mol. The summed E-state index contributed by atoms with van der Waals surface area (Å²) in [4.78, 5) is 81.1. The summed E-state index contributed by atoms with van der Waals surface area (Å²) in [5, 5.41) is 25.5. The van der Waals surface area contributed by atoms with Gasteiger partial charge in [-0.25, -0.2) is 4.79 Å². The molecule has 3 aromatic carbocycles. The molecular formula is C39H41N5O8S. The van der Waals surface area contributed by atoms with Crippen LogP contribution in [-0.4, -0.2) is 71.9 Å². The fourth-order valence-corrected chi connectivity index (χ4v) is 6.55. The van der Waals surface area contributed by atoms with Crippen LogP contribution >= 0.6 is 11.3 Å². The highest BCUT2D eigenvalue weighted by Crippen LogP contribution is 2.17. The summed E-state index contributed by atoms with van der Waals surface area (Å²) in [7, 11) is 1.52. The largest absolute Gasteiger partial charge is 0.497 e. The molecule has 0 spiro atoms. The third-order valence-corrected chi connectivity index (χ3v) is 9.55. The molecule has 2 aliphatic heterocycles. The normalized spacial score (nSPS) is 20.5. The van der Waals surface area contributed by atoms with E-state index in [1.807, 2.05) is 17.5 Å². The number of nitrogens with one attached hydrogen (secondary N) is 5. The lowest BCUT2D eigenvalue weighted by Crippen LogP contribution is -2.59. The van der Waals surface area contributed by atoms with Crippen LogP contribution in [-0.2, 0) is 54.5 Å². The van der Waals surface area contributed by atoms with Crippen LogP contribution in [0.4, 0.5) is 5.69 Å². The molecule has 6 rings (SSSR count). The molecule has 1 aromatic heterocycles. The second-order valence-corrected chi connectivity index (χ2v) is 13.6. The predicted octanol–water partition coefficient (Wildman–Crippen LogP) is 2.78. The molecule has 2 bridgehead atoms. The van der Waals surface area contributed by atoms with Crippen molar-refractivity contribution in [2.75, 3.05) is 12.4 Å². The number of benzene rings is 3. The van der Waals surface area contributed by atoms with Crippen LogP contribution in [0.5, 0.6) is 5.75 Å². The van der Waals surface area contributed by atoms with Gasteiger partial charge in [-0.1, -0.05) is 60.7 Å². The zero-order chi connectivity index (χ0) is 37.7. The van der Waals surface area contributed by atoms with E-state index in [0.29, 0.717) is 28.1 Å². The summed E-state index contributed by atoms with van der Waals surface area (Å²) in [6, 6.07) is 21.0. The van der Waals surface area contributed by atoms with Gasteiger partial charge < -0.3 is 36.4 Å². The SMILES string of the molecule is COc1ccc(C[C@@H]2NC(=O)[C@@H](Cc3cccs3)NC(=O)CCC(=O)Nc3ccc(cc3)C[C@@H](C(=O)O)NC(=O)[C@@H](Cc3ccccc3)NC2=O)cc1. The van der Waals surface area contributed by atoms with Gasteiger partial charge in [-0.05, 0) is 52.4 Å². The van der Waals surface area contributed by atoms with Gasteiger partial charge in [0.2, 0.25) is 29.5 Å². The van der Waals surface area contributed by atoms with E-state index >= 15 is 0 Å². The number of fused-ring (bicyclic) bond motifs is 18. The zero-order valence-electron chi connectivity index (χ0n) is 29.0. The van der Waals surface area contributed by atoms with E-state index in [-0.39, 0.29) is 38.5 Å². The van der Waals surface area contributed by atoms with Crippen molar-refractivity contribution in [1.82, 2.24) is 21.3 Å². The number of thiophene rings is 1. The van der Waals surface area contributed by atoms with Crippen molar-refractivity contribution in [3.8, 4) is 5.75 Å². The van der Waals surface area contributed by atoms with E-state index in [1.165, 1.54) is 18.4 Å². The minimum Gasteiger partial charge on any atom is -0.497 e. The molecule has 0 saturated heterocycles. The molecule has 276 valence electrons. The Morgan fingerprint density at radius 3 is 1.85 bits per heavy atom. The Labute approximate surface area is 310 Å². The number of hydrogen-bond acceptors (Lipinski definition) is 8. The molecule has 0 radical (unpaired) electrons. The van der Waals surface area contributed by atoms with Crippen molar-refractivity contribution in [3.05, 3.63) is 118 Å². The maximum atomic E-state index is 14.2. The first-order chi connectivity index (χ1) is 25.6. The maximum absolute atomic E-state index is 14.2. The number of ether oxygens (including phenoxy) is 1. The third kappa shape index (κ3) is 11.5. The Hall–Kier alpha value is -6.02. The monoisotopic (exact) mass is 739 g/mol. The smallest absolute Gasteiger partial charge is 0.326 e. The van der Waals surface area contributed by atoms with Crippen LogP contribution in [0.3, 0.4) is 0 Å². The summed E-state index contributed by atoms with van der Waals surface area (Å²) in [6.45, 7) is 0. The predicted molar refractivity (Wildman–Crippen MR) is 198 cm³/mol. The van der Waals surface area contributed by atoms with Crippen LogP contribution in [0.25, 0.3) is 0 Å². The molecule has 0 aliphatic carbocycles. The number of rotatable bonds is 8. The standard InChI is InChI=1S/C39H41N5O8S/c1-52-28-15-11-26(12-16-28)21-31-36(47)42-30(20-24-6-3-2-4-7-24)37(48)44-33(39(50)51)22-25-9-13-27(14-10-25)40-34(45)17-18-35(46)41-32(38(49)43-31)23-29-8-5-19-53-29/h2-16,19,30-33H,17-18,20-23H2,1H3,(H,40,45)(H,41,46)(H,42,47)(H,43,49)(H,44,48)(H,50,51)/t30-,31+,32-,33+/m1/s1. The topological polar surface area (TPSA) is 192 Å². The summed E-state index contributed by atoms with van der Waals surface area (Å²) in [5.74, 6) is -3.74. The summed E-state index contributed by atoms with van der Waals surface area (Å²) < 4.78 is 5.26. The first-order valence-electron chi connectivity index (χ1n) is 17.1. The minimum atomic E-state index is -1.35. The quantitative estimate of drug-likeness (QED) is 0.149. The Morgan fingerprint density at radius 1 is 0.679 bits per heavy atom. The van der Waals surface area contributed by atoms with Gasteiger partial charge in [0.25, 0.3) is 0 Å². The lowest BCUT2D eigenvalue weighted by molar-refractivity contribution is -0.142. The van der Waals surface area contributed by atoms with Gasteiger partial charge in [-0.15, -0.1) is 11.3 Å². The highest BCUT2D eigenvalue weighted by molar-refractivity contribution is 7.09. The summed E-state index contributed by atoms with van der Waals surface area (Å²) >= 11 is 1.40. The van der Waals surface area contributed by atoms with E-state index in [9.17, 15) is 33.9 Å². The number of carbonyl (C=O) groups excluding carboxylic acids is 5. The second kappa shape index (κ2) is 18.5. The number of carbonyl (C=O) groups is 6. The Bertz CT molecular complexity index is 1890. The lowest BCUT2D eigenvalue weighted by Gasteiger charge is -2.26. The van der Waals surface area contributed by atoms with E-state index in [4.69, 9.17) is 4.74 Å². The van der Waals surface area contributed by atoms with Crippen molar-refractivity contribution >= 4 is 52.5 Å². The van der Waals surface area contributed by atoms with Gasteiger partial charge in [0.05, 0.1) is 7.11 Å². The van der Waals surface area contributed by atoms with E-state index < -0.39 is 59.7 Å². The van der Waals surface area contributed by atoms with Crippen LogP contribution in [0.2, 0.25) is 0 Å². The number of hydrogen-bond donors (Lipinski definition) is 6. The van der Waals surface area contributed by atoms with Gasteiger partial charge >= 0.3 is 5.97 Å². The Kier molecular flexibility index (Phi) is 13.3. The van der Waals surface area contributed by atoms with Crippen LogP contribution < -0.4 is 31.3 Å². The molecule has 0 fully saturated rings. The zero-order valence-corrected chi connectivity index (χ0v) is 29.8. The molecule has 6 N–H and O–H groups in total. The van der Waals surface area contributed by atoms with Gasteiger partial charge in [-0.3, -0.25) is 24.0 Å². The molecular weight excluding hydrogens is 699 g/mol. The molecule has 0 saturated carbocycles. The van der Waals surface area contributed by atoms with Crippen LogP contribution in [0.15, 0.2) is 96.4 Å².